The minimum absolute atomic E-state index is 0.374. The van der Waals surface area contributed by atoms with Crippen molar-refractivity contribution >= 4 is 0 Å². The Kier molecular flexibility index (Phi) is 1.41. The summed E-state index contributed by atoms with van der Waals surface area (Å²) in [5.41, 5.74) is 2.69. The van der Waals surface area contributed by atoms with Gasteiger partial charge in [-0.25, -0.2) is 0 Å². The van der Waals surface area contributed by atoms with E-state index in [1.165, 1.54) is 11.1 Å². The molecule has 2 heteroatoms. The van der Waals surface area contributed by atoms with Gasteiger partial charge in [0.1, 0.15) is 11.9 Å². The molecular weight excluding hydrogens is 164 g/mol. The third kappa shape index (κ3) is 0.985. The molecule has 0 radical (unpaired) electrons. The second kappa shape index (κ2) is 2.48. The van der Waals surface area contributed by atoms with E-state index in [1.54, 1.807) is 7.11 Å². The van der Waals surface area contributed by atoms with Crippen LogP contribution in [0.2, 0.25) is 0 Å². The van der Waals surface area contributed by atoms with Crippen LogP contribution in [-0.2, 0) is 11.2 Å². The molecule has 13 heavy (non-hydrogen) atoms. The molecule has 2 nitrogen and oxygen atoms in total. The fourth-order valence-electron chi connectivity index (χ4n) is 2.23. The van der Waals surface area contributed by atoms with E-state index in [4.69, 9.17) is 9.47 Å². The number of ether oxygens (including phenoxy) is 2. The summed E-state index contributed by atoms with van der Waals surface area (Å²) in [5, 5.41) is 0. The Bertz CT molecular complexity index is 346. The maximum absolute atomic E-state index is 5.55. The van der Waals surface area contributed by atoms with E-state index in [0.717, 1.165) is 18.6 Å². The lowest BCUT2D eigenvalue weighted by atomic mass is 9.91. The second-order valence-electron chi connectivity index (χ2n) is 3.66. The molecule has 1 aliphatic carbocycles. The largest absolute Gasteiger partial charge is 0.496 e. The lowest BCUT2D eigenvalue weighted by Crippen LogP contribution is -2.05. The molecule has 2 atom stereocenters. The van der Waals surface area contributed by atoms with Crippen LogP contribution in [0.1, 0.15) is 23.7 Å². The lowest BCUT2D eigenvalue weighted by Gasteiger charge is -2.15. The van der Waals surface area contributed by atoms with Crippen molar-refractivity contribution in [2.75, 3.05) is 7.11 Å². The third-order valence-electron chi connectivity index (χ3n) is 2.96. The minimum Gasteiger partial charge on any atom is -0.496 e. The number of epoxide rings is 1. The Morgan fingerprint density at radius 2 is 2.38 bits per heavy atom. The predicted octanol–water partition coefficient (Wildman–Crippen LogP) is 2.08. The van der Waals surface area contributed by atoms with Gasteiger partial charge < -0.3 is 9.47 Å². The SMILES string of the molecule is COc1cccc2c1CC[C@@H]1O[C@H]21. The van der Waals surface area contributed by atoms with Gasteiger partial charge >= 0.3 is 0 Å². The quantitative estimate of drug-likeness (QED) is 0.611. The van der Waals surface area contributed by atoms with E-state index >= 15 is 0 Å². The fraction of sp³-hybridized carbons (Fsp3) is 0.455. The Labute approximate surface area is 77.5 Å². The molecule has 0 amide bonds. The highest BCUT2D eigenvalue weighted by Gasteiger charge is 2.44. The molecule has 68 valence electrons. The maximum atomic E-state index is 5.55. The average molecular weight is 176 g/mol. The number of methoxy groups -OCH3 is 1. The first-order valence-corrected chi connectivity index (χ1v) is 4.71. The van der Waals surface area contributed by atoms with Gasteiger partial charge in [-0.1, -0.05) is 12.1 Å². The van der Waals surface area contributed by atoms with Crippen LogP contribution in [0.15, 0.2) is 18.2 Å². The van der Waals surface area contributed by atoms with Gasteiger partial charge in [-0.2, -0.15) is 0 Å². The normalized spacial score (nSPS) is 29.0. The van der Waals surface area contributed by atoms with Crippen molar-refractivity contribution in [1.82, 2.24) is 0 Å². The Morgan fingerprint density at radius 1 is 1.46 bits per heavy atom. The molecular formula is C11H12O2. The van der Waals surface area contributed by atoms with Crippen LogP contribution >= 0.6 is 0 Å². The summed E-state index contributed by atoms with van der Waals surface area (Å²) in [5.74, 6) is 1.02. The fourth-order valence-corrected chi connectivity index (χ4v) is 2.23. The molecule has 1 heterocycles. The summed E-state index contributed by atoms with van der Waals surface area (Å²) in [6, 6.07) is 6.23. The highest BCUT2D eigenvalue weighted by molar-refractivity contribution is 5.45. The molecule has 2 aliphatic rings. The molecule has 0 bridgehead atoms. The highest BCUT2D eigenvalue weighted by atomic mass is 16.6. The van der Waals surface area contributed by atoms with Crippen LogP contribution < -0.4 is 4.74 Å². The zero-order valence-corrected chi connectivity index (χ0v) is 7.62. The van der Waals surface area contributed by atoms with Gasteiger partial charge in [-0.05, 0) is 24.5 Å². The van der Waals surface area contributed by atoms with Gasteiger partial charge in [-0.3, -0.25) is 0 Å². The number of hydrogen-bond acceptors (Lipinski definition) is 2. The van der Waals surface area contributed by atoms with Gasteiger partial charge in [-0.15, -0.1) is 0 Å². The second-order valence-corrected chi connectivity index (χ2v) is 3.66. The zero-order valence-electron chi connectivity index (χ0n) is 7.62. The van der Waals surface area contributed by atoms with E-state index in [-0.39, 0.29) is 0 Å². The summed E-state index contributed by atoms with van der Waals surface area (Å²) in [7, 11) is 1.73. The van der Waals surface area contributed by atoms with Crippen LogP contribution in [0.25, 0.3) is 0 Å². The Morgan fingerprint density at radius 3 is 3.23 bits per heavy atom. The molecule has 0 aromatic heterocycles. The molecule has 1 aliphatic heterocycles. The predicted molar refractivity (Wildman–Crippen MR) is 48.9 cm³/mol. The molecule has 1 saturated heterocycles. The van der Waals surface area contributed by atoms with Gasteiger partial charge in [0, 0.05) is 5.56 Å². The van der Waals surface area contributed by atoms with E-state index in [1.807, 2.05) is 12.1 Å². The molecule has 1 aromatic carbocycles. The standard InChI is InChI=1S/C11H12O2/c1-12-9-4-2-3-8-7(9)5-6-10-11(8)13-10/h2-4,10-11H,5-6H2,1H3/t10-,11+/m0/s1. The average Bonchev–Trinajstić information content (AvgIpc) is 2.95. The van der Waals surface area contributed by atoms with Crippen molar-refractivity contribution in [3.8, 4) is 5.75 Å². The van der Waals surface area contributed by atoms with Crippen molar-refractivity contribution in [3.05, 3.63) is 29.3 Å². The van der Waals surface area contributed by atoms with Crippen LogP contribution in [0, 0.1) is 0 Å². The molecule has 3 rings (SSSR count). The first-order valence-electron chi connectivity index (χ1n) is 4.71. The number of benzene rings is 1. The summed E-state index contributed by atoms with van der Waals surface area (Å²) < 4.78 is 10.9. The minimum atomic E-state index is 0.374. The molecule has 0 unspecified atom stereocenters. The van der Waals surface area contributed by atoms with E-state index in [0.29, 0.717) is 12.2 Å². The van der Waals surface area contributed by atoms with Crippen molar-refractivity contribution in [2.24, 2.45) is 0 Å². The van der Waals surface area contributed by atoms with Gasteiger partial charge in [0.2, 0.25) is 0 Å². The van der Waals surface area contributed by atoms with Gasteiger partial charge in [0.15, 0.2) is 0 Å². The molecule has 0 spiro atoms. The Balaban J connectivity index is 2.12. The molecule has 1 fully saturated rings. The van der Waals surface area contributed by atoms with Crippen molar-refractivity contribution in [1.29, 1.82) is 0 Å². The third-order valence-corrected chi connectivity index (χ3v) is 2.96. The summed E-state index contributed by atoms with van der Waals surface area (Å²) in [6.45, 7) is 0. The molecule has 1 aromatic rings. The van der Waals surface area contributed by atoms with Gasteiger partial charge in [0.05, 0.1) is 13.2 Å². The summed E-state index contributed by atoms with van der Waals surface area (Å²) in [4.78, 5) is 0. The van der Waals surface area contributed by atoms with Crippen LogP contribution in [0.4, 0.5) is 0 Å². The highest BCUT2D eigenvalue weighted by Crippen LogP contribution is 2.48. The van der Waals surface area contributed by atoms with Crippen molar-refractivity contribution in [3.63, 3.8) is 0 Å². The lowest BCUT2D eigenvalue weighted by molar-refractivity contribution is 0.372. The smallest absolute Gasteiger partial charge is 0.122 e. The molecule has 0 saturated carbocycles. The summed E-state index contributed by atoms with van der Waals surface area (Å²) in [6.07, 6.45) is 3.12. The van der Waals surface area contributed by atoms with Crippen molar-refractivity contribution in [2.45, 2.75) is 25.0 Å². The number of hydrogen-bond donors (Lipinski definition) is 0. The topological polar surface area (TPSA) is 21.8 Å². The van der Waals surface area contributed by atoms with E-state index in [9.17, 15) is 0 Å². The van der Waals surface area contributed by atoms with E-state index in [2.05, 4.69) is 6.07 Å². The molecule has 0 N–H and O–H groups in total. The Hall–Kier alpha value is -1.02. The monoisotopic (exact) mass is 176 g/mol. The van der Waals surface area contributed by atoms with Crippen LogP contribution in [0.3, 0.4) is 0 Å². The maximum Gasteiger partial charge on any atom is 0.122 e. The van der Waals surface area contributed by atoms with E-state index < -0.39 is 0 Å². The zero-order chi connectivity index (χ0) is 8.84. The first kappa shape index (κ1) is 7.39. The summed E-state index contributed by atoms with van der Waals surface area (Å²) >= 11 is 0. The number of rotatable bonds is 1. The van der Waals surface area contributed by atoms with Gasteiger partial charge in [0.25, 0.3) is 0 Å². The van der Waals surface area contributed by atoms with Crippen LogP contribution in [0.5, 0.6) is 5.75 Å². The van der Waals surface area contributed by atoms with Crippen molar-refractivity contribution < 1.29 is 9.47 Å². The number of fused-ring (bicyclic) bond motifs is 3. The first-order chi connectivity index (χ1) is 6.40. The van der Waals surface area contributed by atoms with Crippen LogP contribution in [-0.4, -0.2) is 13.2 Å².